The van der Waals surface area contributed by atoms with Crippen LogP contribution in [0, 0.1) is 0 Å². The minimum Gasteiger partial charge on any atom is -0.459 e. The van der Waals surface area contributed by atoms with Crippen molar-refractivity contribution in [2.24, 2.45) is 0 Å². The lowest BCUT2D eigenvalue weighted by Gasteiger charge is -2.38. The molecule has 0 saturated carbocycles. The third-order valence-electron chi connectivity index (χ3n) is 1.98. The Morgan fingerprint density at radius 1 is 1.67 bits per heavy atom. The zero-order chi connectivity index (χ0) is 10.9. The molecular formula is C8H7ClN2O2S2. The molecule has 0 spiro atoms. The molecule has 0 bridgehead atoms. The molecule has 7 heteroatoms. The highest BCUT2D eigenvalue weighted by Crippen LogP contribution is 2.32. The van der Waals surface area contributed by atoms with Crippen LogP contribution in [-0.4, -0.2) is 27.6 Å². The van der Waals surface area contributed by atoms with E-state index in [-0.39, 0.29) is 4.38 Å². The second-order valence-corrected chi connectivity index (χ2v) is 4.52. The van der Waals surface area contributed by atoms with Gasteiger partial charge in [0.25, 0.3) is 0 Å². The molecule has 2 heterocycles. The van der Waals surface area contributed by atoms with Crippen LogP contribution in [0.4, 0.5) is 0 Å². The predicted molar refractivity (Wildman–Crippen MR) is 62.2 cm³/mol. The van der Waals surface area contributed by atoms with Crippen LogP contribution in [0.1, 0.15) is 5.82 Å². The number of ether oxygens (including phenoxy) is 2. The van der Waals surface area contributed by atoms with E-state index in [0.717, 1.165) is 0 Å². The summed E-state index contributed by atoms with van der Waals surface area (Å²) in [6.07, 6.45) is 1.57. The van der Waals surface area contributed by atoms with Crippen LogP contribution in [0.15, 0.2) is 12.3 Å². The largest absolute Gasteiger partial charge is 0.459 e. The van der Waals surface area contributed by atoms with Gasteiger partial charge in [-0.05, 0) is 18.3 Å². The lowest BCUT2D eigenvalue weighted by atomic mass is 10.0. The summed E-state index contributed by atoms with van der Waals surface area (Å²) < 4.78 is 10.6. The molecule has 80 valence electrons. The van der Waals surface area contributed by atoms with Crippen molar-refractivity contribution >= 4 is 40.8 Å². The molecule has 0 amide bonds. The van der Waals surface area contributed by atoms with Gasteiger partial charge in [0.05, 0.1) is 13.2 Å². The fraction of sp³-hybridized carbons (Fsp3) is 0.375. The van der Waals surface area contributed by atoms with Crippen LogP contribution in [-0.2, 0) is 15.1 Å². The summed E-state index contributed by atoms with van der Waals surface area (Å²) >= 11 is 14.5. The van der Waals surface area contributed by atoms with E-state index in [1.165, 1.54) is 0 Å². The molecule has 0 radical (unpaired) electrons. The second-order valence-electron chi connectivity index (χ2n) is 3.06. The molecule has 1 aliphatic rings. The van der Waals surface area contributed by atoms with E-state index in [9.17, 15) is 0 Å². The molecule has 15 heavy (non-hydrogen) atoms. The van der Waals surface area contributed by atoms with Crippen molar-refractivity contribution in [1.29, 1.82) is 0 Å². The molecule has 0 atom stereocenters. The van der Waals surface area contributed by atoms with Crippen molar-refractivity contribution in [3.8, 4) is 0 Å². The molecule has 0 unspecified atom stereocenters. The van der Waals surface area contributed by atoms with Gasteiger partial charge < -0.3 is 9.47 Å². The minimum atomic E-state index is -0.719. The van der Waals surface area contributed by atoms with Crippen LogP contribution in [0.2, 0.25) is 5.15 Å². The highest BCUT2D eigenvalue weighted by atomic mass is 35.5. The van der Waals surface area contributed by atoms with E-state index in [4.69, 9.17) is 33.3 Å². The highest BCUT2D eigenvalue weighted by Gasteiger charge is 2.46. The van der Waals surface area contributed by atoms with Crippen LogP contribution in [0.3, 0.4) is 0 Å². The molecule has 1 aromatic heterocycles. The Morgan fingerprint density at radius 2 is 2.40 bits per heavy atom. The van der Waals surface area contributed by atoms with Gasteiger partial charge in [0.15, 0.2) is 5.82 Å². The SMILES string of the molecule is S=C(S)OC1(c2nccc(Cl)n2)COC1. The molecule has 0 N–H and O–H groups in total. The Kier molecular flexibility index (Phi) is 3.11. The molecule has 0 aromatic carbocycles. The normalized spacial score (nSPS) is 18.0. The lowest BCUT2D eigenvalue weighted by Crippen LogP contribution is -2.50. The van der Waals surface area contributed by atoms with Crippen molar-refractivity contribution in [2.75, 3.05) is 13.2 Å². The molecule has 1 saturated heterocycles. The summed E-state index contributed by atoms with van der Waals surface area (Å²) in [6, 6.07) is 1.59. The average Bonchev–Trinajstić information content (AvgIpc) is 2.11. The zero-order valence-electron chi connectivity index (χ0n) is 7.51. The number of aromatic nitrogens is 2. The van der Waals surface area contributed by atoms with E-state index in [0.29, 0.717) is 24.2 Å². The quantitative estimate of drug-likeness (QED) is 0.498. The first-order valence-corrected chi connectivity index (χ1v) is 5.34. The number of thiol groups is 1. The van der Waals surface area contributed by atoms with Gasteiger partial charge >= 0.3 is 0 Å². The van der Waals surface area contributed by atoms with Gasteiger partial charge in [-0.1, -0.05) is 24.2 Å². The van der Waals surface area contributed by atoms with E-state index < -0.39 is 5.60 Å². The molecule has 0 aliphatic carbocycles. The second kappa shape index (κ2) is 4.21. The Hall–Kier alpha value is -0.430. The first kappa shape index (κ1) is 11.1. The lowest BCUT2D eigenvalue weighted by molar-refractivity contribution is -0.176. The molecular weight excluding hydrogens is 256 g/mol. The predicted octanol–water partition coefficient (Wildman–Crippen LogP) is 1.59. The number of hydrogen-bond acceptors (Lipinski definition) is 5. The van der Waals surface area contributed by atoms with Gasteiger partial charge in [-0.25, -0.2) is 9.97 Å². The fourth-order valence-corrected chi connectivity index (χ4v) is 1.72. The standard InChI is InChI=1S/C8H7ClN2O2S2/c9-5-1-2-10-6(11-5)8(3-12-4-8)13-7(14)15/h1-2H,3-4H2,(H,14,15). The summed E-state index contributed by atoms with van der Waals surface area (Å²) in [6.45, 7) is 0.710. The molecule has 1 aromatic rings. The number of nitrogens with zero attached hydrogens (tertiary/aromatic N) is 2. The third-order valence-corrected chi connectivity index (χ3v) is 2.37. The molecule has 2 rings (SSSR count). The Balaban J connectivity index is 2.29. The monoisotopic (exact) mass is 262 g/mol. The number of rotatable bonds is 2. The Labute approximate surface area is 102 Å². The first-order valence-electron chi connectivity index (χ1n) is 4.11. The van der Waals surface area contributed by atoms with Gasteiger partial charge in [-0.15, -0.1) is 0 Å². The van der Waals surface area contributed by atoms with E-state index >= 15 is 0 Å². The first-order chi connectivity index (χ1) is 7.12. The van der Waals surface area contributed by atoms with E-state index in [1.54, 1.807) is 12.3 Å². The van der Waals surface area contributed by atoms with Crippen molar-refractivity contribution in [3.05, 3.63) is 23.2 Å². The van der Waals surface area contributed by atoms with Gasteiger partial charge in [-0.3, -0.25) is 0 Å². The van der Waals surface area contributed by atoms with Crippen LogP contribution in [0.25, 0.3) is 0 Å². The highest BCUT2D eigenvalue weighted by molar-refractivity contribution is 8.10. The molecule has 1 fully saturated rings. The van der Waals surface area contributed by atoms with Gasteiger partial charge in [0.2, 0.25) is 9.98 Å². The maximum atomic E-state index is 5.77. The van der Waals surface area contributed by atoms with Crippen molar-refractivity contribution in [3.63, 3.8) is 0 Å². The number of thiocarbonyl (C=S) groups is 1. The van der Waals surface area contributed by atoms with E-state index in [2.05, 4.69) is 22.6 Å². The van der Waals surface area contributed by atoms with Gasteiger partial charge in [-0.2, -0.15) is 0 Å². The molecule has 1 aliphatic heterocycles. The van der Waals surface area contributed by atoms with Crippen LogP contribution in [0.5, 0.6) is 0 Å². The maximum absolute atomic E-state index is 5.77. The van der Waals surface area contributed by atoms with Crippen molar-refractivity contribution in [1.82, 2.24) is 9.97 Å². The summed E-state index contributed by atoms with van der Waals surface area (Å²) in [5, 5.41) is 0.361. The van der Waals surface area contributed by atoms with Gasteiger partial charge in [0, 0.05) is 6.20 Å². The van der Waals surface area contributed by atoms with Gasteiger partial charge in [0.1, 0.15) is 5.15 Å². The third kappa shape index (κ3) is 2.23. The Morgan fingerprint density at radius 3 is 2.87 bits per heavy atom. The Bertz CT molecular complexity index is 398. The fourth-order valence-electron chi connectivity index (χ4n) is 1.24. The van der Waals surface area contributed by atoms with Crippen molar-refractivity contribution in [2.45, 2.75) is 5.60 Å². The number of hydrogen-bond donors (Lipinski definition) is 1. The summed E-state index contributed by atoms with van der Waals surface area (Å²) in [5.41, 5.74) is -0.719. The van der Waals surface area contributed by atoms with Crippen LogP contribution >= 0.6 is 36.4 Å². The molecule has 4 nitrogen and oxygen atoms in total. The van der Waals surface area contributed by atoms with Crippen LogP contribution < -0.4 is 0 Å². The topological polar surface area (TPSA) is 44.2 Å². The summed E-state index contributed by atoms with van der Waals surface area (Å²) in [7, 11) is 0. The van der Waals surface area contributed by atoms with E-state index in [1.807, 2.05) is 0 Å². The minimum absolute atomic E-state index is 0.141. The summed E-state index contributed by atoms with van der Waals surface area (Å²) in [4.78, 5) is 8.17. The average molecular weight is 263 g/mol. The maximum Gasteiger partial charge on any atom is 0.218 e. The summed E-state index contributed by atoms with van der Waals surface area (Å²) in [5.74, 6) is 0.470. The zero-order valence-corrected chi connectivity index (χ0v) is 9.98. The number of halogens is 1. The smallest absolute Gasteiger partial charge is 0.218 e. The van der Waals surface area contributed by atoms with Crippen molar-refractivity contribution < 1.29 is 9.47 Å².